The van der Waals surface area contributed by atoms with Crippen molar-refractivity contribution >= 4 is 5.97 Å². The maximum absolute atomic E-state index is 11.9. The van der Waals surface area contributed by atoms with Gasteiger partial charge in [0.05, 0.1) is 19.3 Å². The molecule has 3 aliphatic rings. The predicted molar refractivity (Wildman–Crippen MR) is 73.3 cm³/mol. The van der Waals surface area contributed by atoms with Crippen LogP contribution in [-0.4, -0.2) is 55.1 Å². The summed E-state index contributed by atoms with van der Waals surface area (Å²) < 4.78 is 17.2. The molecule has 2 aliphatic heterocycles. The second kappa shape index (κ2) is 6.00. The van der Waals surface area contributed by atoms with Crippen molar-refractivity contribution in [1.82, 2.24) is 4.90 Å². The van der Waals surface area contributed by atoms with E-state index in [-0.39, 0.29) is 23.9 Å². The standard InChI is InChI=1S/C15H25NO4/c1-2-18-14(17)13-6-5-9-16(13)10-12-11-19-15(20-12)7-3-4-8-15/h12-13H,2-11H2,1H3. The van der Waals surface area contributed by atoms with Crippen molar-refractivity contribution < 1.29 is 19.0 Å². The van der Waals surface area contributed by atoms with Crippen molar-refractivity contribution in [2.75, 3.05) is 26.3 Å². The number of rotatable bonds is 4. The van der Waals surface area contributed by atoms with Crippen LogP contribution in [0.3, 0.4) is 0 Å². The Balaban J connectivity index is 1.53. The van der Waals surface area contributed by atoms with Crippen LogP contribution in [0.25, 0.3) is 0 Å². The summed E-state index contributed by atoms with van der Waals surface area (Å²) in [5, 5.41) is 0. The van der Waals surface area contributed by atoms with Crippen LogP contribution < -0.4 is 0 Å². The Morgan fingerprint density at radius 3 is 2.90 bits per heavy atom. The summed E-state index contributed by atoms with van der Waals surface area (Å²) in [6.07, 6.45) is 6.49. The Labute approximate surface area is 120 Å². The summed E-state index contributed by atoms with van der Waals surface area (Å²) in [6.45, 7) is 4.71. The predicted octanol–water partition coefficient (Wildman–Crippen LogP) is 1.70. The van der Waals surface area contributed by atoms with E-state index in [2.05, 4.69) is 4.90 Å². The van der Waals surface area contributed by atoms with Crippen LogP contribution >= 0.6 is 0 Å². The maximum Gasteiger partial charge on any atom is 0.323 e. The lowest BCUT2D eigenvalue weighted by atomic mass is 10.2. The normalized spacial score (nSPS) is 33.0. The number of esters is 1. The van der Waals surface area contributed by atoms with E-state index in [0.29, 0.717) is 13.2 Å². The second-order valence-corrected chi connectivity index (χ2v) is 6.07. The molecule has 0 N–H and O–H groups in total. The first-order chi connectivity index (χ1) is 9.72. The SMILES string of the molecule is CCOC(=O)C1CCCN1CC1COC2(CCCC2)O1. The number of hydrogen-bond acceptors (Lipinski definition) is 5. The first-order valence-corrected chi connectivity index (χ1v) is 7.95. The van der Waals surface area contributed by atoms with Crippen LogP contribution in [0.4, 0.5) is 0 Å². The number of ether oxygens (including phenoxy) is 3. The molecular weight excluding hydrogens is 258 g/mol. The zero-order chi connectivity index (χ0) is 14.0. The second-order valence-electron chi connectivity index (χ2n) is 6.07. The number of carbonyl (C=O) groups excluding carboxylic acids is 1. The molecule has 0 aromatic rings. The van der Waals surface area contributed by atoms with Crippen molar-refractivity contribution in [1.29, 1.82) is 0 Å². The zero-order valence-corrected chi connectivity index (χ0v) is 12.3. The smallest absolute Gasteiger partial charge is 0.323 e. The molecule has 0 amide bonds. The third-order valence-corrected chi connectivity index (χ3v) is 4.64. The lowest BCUT2D eigenvalue weighted by Gasteiger charge is -2.26. The molecule has 114 valence electrons. The van der Waals surface area contributed by atoms with Gasteiger partial charge >= 0.3 is 5.97 Å². The molecule has 0 aromatic heterocycles. The fraction of sp³-hybridized carbons (Fsp3) is 0.933. The molecule has 0 radical (unpaired) electrons. The van der Waals surface area contributed by atoms with Gasteiger partial charge in [-0.05, 0) is 39.2 Å². The highest BCUT2D eigenvalue weighted by atomic mass is 16.7. The van der Waals surface area contributed by atoms with Gasteiger partial charge < -0.3 is 14.2 Å². The van der Waals surface area contributed by atoms with Crippen LogP contribution in [-0.2, 0) is 19.0 Å². The third-order valence-electron chi connectivity index (χ3n) is 4.64. The fourth-order valence-electron chi connectivity index (χ4n) is 3.69. The zero-order valence-electron chi connectivity index (χ0n) is 12.3. The Morgan fingerprint density at radius 2 is 2.15 bits per heavy atom. The van der Waals surface area contributed by atoms with Gasteiger partial charge in [-0.2, -0.15) is 0 Å². The molecule has 1 spiro atoms. The summed E-state index contributed by atoms with van der Waals surface area (Å²) in [4.78, 5) is 14.2. The first kappa shape index (κ1) is 14.3. The van der Waals surface area contributed by atoms with Gasteiger partial charge in [0.15, 0.2) is 5.79 Å². The minimum Gasteiger partial charge on any atom is -0.465 e. The van der Waals surface area contributed by atoms with Crippen LogP contribution in [0.5, 0.6) is 0 Å². The quantitative estimate of drug-likeness (QED) is 0.735. The number of nitrogens with zero attached hydrogens (tertiary/aromatic N) is 1. The molecule has 2 unspecified atom stereocenters. The maximum atomic E-state index is 11.9. The first-order valence-electron chi connectivity index (χ1n) is 7.95. The van der Waals surface area contributed by atoms with Gasteiger partial charge in [-0.3, -0.25) is 9.69 Å². The molecule has 1 aliphatic carbocycles. The summed E-state index contributed by atoms with van der Waals surface area (Å²) in [7, 11) is 0. The monoisotopic (exact) mass is 283 g/mol. The van der Waals surface area contributed by atoms with Gasteiger partial charge in [0.25, 0.3) is 0 Å². The summed E-state index contributed by atoms with van der Waals surface area (Å²) in [5.74, 6) is -0.386. The highest BCUT2D eigenvalue weighted by Crippen LogP contribution is 2.39. The van der Waals surface area contributed by atoms with E-state index in [0.717, 1.165) is 38.8 Å². The van der Waals surface area contributed by atoms with E-state index in [1.54, 1.807) is 0 Å². The van der Waals surface area contributed by atoms with Crippen LogP contribution in [0.2, 0.25) is 0 Å². The molecule has 5 heteroatoms. The van der Waals surface area contributed by atoms with Crippen molar-refractivity contribution in [3.8, 4) is 0 Å². The Kier molecular flexibility index (Phi) is 4.29. The summed E-state index contributed by atoms with van der Waals surface area (Å²) in [6, 6.07) is -0.0846. The van der Waals surface area contributed by atoms with Crippen LogP contribution in [0.15, 0.2) is 0 Å². The molecule has 0 aromatic carbocycles. The average molecular weight is 283 g/mol. The summed E-state index contributed by atoms with van der Waals surface area (Å²) in [5.41, 5.74) is 0. The van der Waals surface area contributed by atoms with Gasteiger partial charge in [0.2, 0.25) is 0 Å². The Morgan fingerprint density at radius 1 is 1.35 bits per heavy atom. The molecule has 2 saturated heterocycles. The lowest BCUT2D eigenvalue weighted by Crippen LogP contribution is -2.42. The van der Waals surface area contributed by atoms with E-state index in [1.807, 2.05) is 6.92 Å². The van der Waals surface area contributed by atoms with Crippen molar-refractivity contribution in [2.45, 2.75) is 63.4 Å². The minimum absolute atomic E-state index is 0.0838. The number of carbonyl (C=O) groups is 1. The van der Waals surface area contributed by atoms with Crippen molar-refractivity contribution in [3.05, 3.63) is 0 Å². The van der Waals surface area contributed by atoms with Crippen LogP contribution in [0.1, 0.15) is 45.4 Å². The van der Waals surface area contributed by atoms with Gasteiger partial charge in [-0.1, -0.05) is 0 Å². The van der Waals surface area contributed by atoms with E-state index >= 15 is 0 Å². The molecule has 0 bridgehead atoms. The highest BCUT2D eigenvalue weighted by Gasteiger charge is 2.45. The van der Waals surface area contributed by atoms with Gasteiger partial charge in [-0.15, -0.1) is 0 Å². The van der Waals surface area contributed by atoms with E-state index in [1.165, 1.54) is 12.8 Å². The fourth-order valence-corrected chi connectivity index (χ4v) is 3.69. The molecular formula is C15H25NO4. The van der Waals surface area contributed by atoms with E-state index < -0.39 is 0 Å². The summed E-state index contributed by atoms with van der Waals surface area (Å²) >= 11 is 0. The molecule has 2 atom stereocenters. The van der Waals surface area contributed by atoms with Gasteiger partial charge in [-0.25, -0.2) is 0 Å². The molecule has 1 saturated carbocycles. The molecule has 3 fully saturated rings. The molecule has 2 heterocycles. The Bertz CT molecular complexity index is 354. The highest BCUT2D eigenvalue weighted by molar-refractivity contribution is 5.76. The van der Waals surface area contributed by atoms with Crippen molar-refractivity contribution in [3.63, 3.8) is 0 Å². The lowest BCUT2D eigenvalue weighted by molar-refractivity contribution is -0.164. The average Bonchev–Trinajstić information content (AvgIpc) is 3.14. The molecule has 5 nitrogen and oxygen atoms in total. The van der Waals surface area contributed by atoms with Crippen LogP contribution in [0, 0.1) is 0 Å². The molecule has 20 heavy (non-hydrogen) atoms. The third kappa shape index (κ3) is 2.85. The molecule has 3 rings (SSSR count). The topological polar surface area (TPSA) is 48.0 Å². The van der Waals surface area contributed by atoms with E-state index in [9.17, 15) is 4.79 Å². The Hall–Kier alpha value is -0.650. The van der Waals surface area contributed by atoms with Crippen molar-refractivity contribution in [2.24, 2.45) is 0 Å². The van der Waals surface area contributed by atoms with Gasteiger partial charge in [0, 0.05) is 19.4 Å². The largest absolute Gasteiger partial charge is 0.465 e. The minimum atomic E-state index is -0.302. The number of hydrogen-bond donors (Lipinski definition) is 0. The number of likely N-dealkylation sites (tertiary alicyclic amines) is 1. The van der Waals surface area contributed by atoms with E-state index in [4.69, 9.17) is 14.2 Å². The van der Waals surface area contributed by atoms with Gasteiger partial charge in [0.1, 0.15) is 6.04 Å².